The van der Waals surface area contributed by atoms with E-state index < -0.39 is 12.0 Å². The predicted molar refractivity (Wildman–Crippen MR) is 70.4 cm³/mol. The van der Waals surface area contributed by atoms with Crippen LogP contribution in [0.4, 0.5) is 0 Å². The number of likely N-dealkylation sites (tertiary alicyclic amines) is 1. The summed E-state index contributed by atoms with van der Waals surface area (Å²) in [5.41, 5.74) is -0.132. The van der Waals surface area contributed by atoms with Crippen LogP contribution in [0.1, 0.15) is 59.3 Å². The summed E-state index contributed by atoms with van der Waals surface area (Å²) in [5.74, 6) is -1.42. The minimum atomic E-state index is -0.973. The molecular weight excluding hydrogens is 246 g/mol. The number of rotatable bonds is 4. The minimum absolute atomic E-state index is 0.132. The van der Waals surface area contributed by atoms with Gasteiger partial charge in [-0.3, -0.25) is 19.3 Å². The van der Waals surface area contributed by atoms with Crippen LogP contribution >= 0.6 is 0 Å². The van der Waals surface area contributed by atoms with Crippen molar-refractivity contribution in [3.63, 3.8) is 0 Å². The summed E-state index contributed by atoms with van der Waals surface area (Å²) in [6.45, 7) is 5.94. The van der Waals surface area contributed by atoms with E-state index in [1.165, 1.54) is 4.90 Å². The highest BCUT2D eigenvalue weighted by molar-refractivity contribution is 5.96. The monoisotopic (exact) mass is 269 g/mol. The third-order valence-corrected chi connectivity index (χ3v) is 3.19. The smallest absolute Gasteiger partial charge is 0.305 e. The molecule has 1 rings (SSSR count). The molecule has 0 bridgehead atoms. The van der Waals surface area contributed by atoms with Crippen molar-refractivity contribution in [1.29, 1.82) is 0 Å². The fraction of sp³-hybridized carbons (Fsp3) is 0.786. The fourth-order valence-electron chi connectivity index (χ4n) is 2.50. The second kappa shape index (κ2) is 6.17. The van der Waals surface area contributed by atoms with Gasteiger partial charge in [0.2, 0.25) is 11.8 Å². The van der Waals surface area contributed by atoms with Gasteiger partial charge in [0, 0.05) is 12.8 Å². The first kappa shape index (κ1) is 15.7. The Morgan fingerprint density at radius 1 is 1.21 bits per heavy atom. The third kappa shape index (κ3) is 5.01. The molecule has 1 N–H and O–H groups in total. The second-order valence-electron chi connectivity index (χ2n) is 6.38. The van der Waals surface area contributed by atoms with Crippen LogP contribution < -0.4 is 0 Å². The van der Waals surface area contributed by atoms with Gasteiger partial charge in [-0.1, -0.05) is 20.8 Å². The molecule has 0 radical (unpaired) electrons. The van der Waals surface area contributed by atoms with Gasteiger partial charge in [-0.05, 0) is 24.7 Å². The first-order valence-corrected chi connectivity index (χ1v) is 6.77. The number of hydrogen-bond acceptors (Lipinski definition) is 3. The predicted octanol–water partition coefficient (Wildman–Crippen LogP) is 2.20. The normalized spacial score (nSPS) is 19.2. The summed E-state index contributed by atoms with van der Waals surface area (Å²) in [6, 6.07) is -0.532. The lowest BCUT2D eigenvalue weighted by Crippen LogP contribution is -2.46. The number of amides is 2. The van der Waals surface area contributed by atoms with Crippen molar-refractivity contribution in [3.8, 4) is 0 Å². The summed E-state index contributed by atoms with van der Waals surface area (Å²) >= 11 is 0. The molecule has 0 aromatic rings. The highest BCUT2D eigenvalue weighted by Crippen LogP contribution is 2.28. The Labute approximate surface area is 114 Å². The number of carboxylic acids is 1. The molecule has 1 heterocycles. The average Bonchev–Trinajstić information content (AvgIpc) is 2.36. The van der Waals surface area contributed by atoms with Crippen molar-refractivity contribution in [2.75, 3.05) is 0 Å². The molecule has 0 aromatic carbocycles. The Morgan fingerprint density at radius 2 is 1.68 bits per heavy atom. The zero-order chi connectivity index (χ0) is 14.6. The zero-order valence-corrected chi connectivity index (χ0v) is 11.9. The van der Waals surface area contributed by atoms with Crippen LogP contribution in [-0.2, 0) is 14.4 Å². The number of hydrogen-bond donors (Lipinski definition) is 1. The Bertz CT molecular complexity index is 352. The van der Waals surface area contributed by atoms with Crippen LogP contribution in [0.5, 0.6) is 0 Å². The lowest BCUT2D eigenvalue weighted by atomic mass is 9.86. The molecule has 108 valence electrons. The highest BCUT2D eigenvalue weighted by Gasteiger charge is 2.34. The standard InChI is InChI=1S/C14H23NO4/c1-14(2,3)9-10(8-13(18)19)15-11(16)6-4-5-7-12(15)17/h10H,4-9H2,1-3H3,(H,18,19). The van der Waals surface area contributed by atoms with E-state index in [0.29, 0.717) is 32.1 Å². The van der Waals surface area contributed by atoms with Crippen molar-refractivity contribution >= 4 is 17.8 Å². The van der Waals surface area contributed by atoms with Gasteiger partial charge in [0.05, 0.1) is 12.5 Å². The number of carbonyl (C=O) groups is 3. The number of nitrogens with zero attached hydrogens (tertiary/aromatic N) is 1. The lowest BCUT2D eigenvalue weighted by Gasteiger charge is -2.33. The molecule has 1 saturated heterocycles. The van der Waals surface area contributed by atoms with Crippen LogP contribution in [0.3, 0.4) is 0 Å². The Balaban J connectivity index is 2.95. The Kier molecular flexibility index (Phi) is 5.09. The maximum absolute atomic E-state index is 12.0. The van der Waals surface area contributed by atoms with E-state index >= 15 is 0 Å². The molecule has 1 aliphatic heterocycles. The Morgan fingerprint density at radius 3 is 2.05 bits per heavy atom. The van der Waals surface area contributed by atoms with E-state index in [-0.39, 0.29) is 23.7 Å². The van der Waals surface area contributed by atoms with Crippen molar-refractivity contribution < 1.29 is 19.5 Å². The number of carbonyl (C=O) groups excluding carboxylic acids is 2. The van der Waals surface area contributed by atoms with Crippen LogP contribution in [0.25, 0.3) is 0 Å². The molecule has 0 aliphatic carbocycles. The van der Waals surface area contributed by atoms with Gasteiger partial charge >= 0.3 is 5.97 Å². The van der Waals surface area contributed by atoms with E-state index in [4.69, 9.17) is 5.11 Å². The molecule has 1 aliphatic rings. The minimum Gasteiger partial charge on any atom is -0.481 e. The first-order chi connectivity index (χ1) is 8.70. The summed E-state index contributed by atoms with van der Waals surface area (Å²) in [5, 5.41) is 9.00. The maximum Gasteiger partial charge on any atom is 0.305 e. The molecule has 1 atom stereocenters. The van der Waals surface area contributed by atoms with Crippen molar-refractivity contribution in [2.24, 2.45) is 5.41 Å². The van der Waals surface area contributed by atoms with Crippen LogP contribution in [0, 0.1) is 5.41 Å². The summed E-state index contributed by atoms with van der Waals surface area (Å²) in [7, 11) is 0. The SMILES string of the molecule is CC(C)(C)CC(CC(=O)O)N1C(=O)CCCCC1=O. The summed E-state index contributed by atoms with van der Waals surface area (Å²) in [6.07, 6.45) is 2.43. The van der Waals surface area contributed by atoms with E-state index in [0.717, 1.165) is 0 Å². The molecule has 0 spiro atoms. The molecular formula is C14H23NO4. The topological polar surface area (TPSA) is 74.7 Å². The molecule has 1 unspecified atom stereocenters. The molecule has 2 amide bonds. The van der Waals surface area contributed by atoms with Gasteiger partial charge in [-0.25, -0.2) is 0 Å². The third-order valence-electron chi connectivity index (χ3n) is 3.19. The Hall–Kier alpha value is -1.39. The molecule has 19 heavy (non-hydrogen) atoms. The van der Waals surface area contributed by atoms with E-state index in [1.54, 1.807) is 0 Å². The van der Waals surface area contributed by atoms with Gasteiger partial charge in [0.25, 0.3) is 0 Å². The fourth-order valence-corrected chi connectivity index (χ4v) is 2.50. The van der Waals surface area contributed by atoms with Crippen molar-refractivity contribution in [1.82, 2.24) is 4.90 Å². The zero-order valence-electron chi connectivity index (χ0n) is 11.9. The van der Waals surface area contributed by atoms with Gasteiger partial charge in [-0.15, -0.1) is 0 Å². The van der Waals surface area contributed by atoms with Gasteiger partial charge in [-0.2, -0.15) is 0 Å². The average molecular weight is 269 g/mol. The van der Waals surface area contributed by atoms with Crippen molar-refractivity contribution in [2.45, 2.75) is 65.3 Å². The number of aliphatic carboxylic acids is 1. The van der Waals surface area contributed by atoms with Gasteiger partial charge in [0.15, 0.2) is 0 Å². The first-order valence-electron chi connectivity index (χ1n) is 6.77. The number of imide groups is 1. The number of carboxylic acid groups (broad SMARTS) is 1. The van der Waals surface area contributed by atoms with Crippen molar-refractivity contribution in [3.05, 3.63) is 0 Å². The quantitative estimate of drug-likeness (QED) is 0.794. The van der Waals surface area contributed by atoms with Crippen LogP contribution in [0.2, 0.25) is 0 Å². The lowest BCUT2D eigenvalue weighted by molar-refractivity contribution is -0.149. The van der Waals surface area contributed by atoms with E-state index in [9.17, 15) is 14.4 Å². The summed E-state index contributed by atoms with van der Waals surface area (Å²) in [4.78, 5) is 36.3. The summed E-state index contributed by atoms with van der Waals surface area (Å²) < 4.78 is 0. The van der Waals surface area contributed by atoms with Crippen LogP contribution in [0.15, 0.2) is 0 Å². The molecule has 5 nitrogen and oxygen atoms in total. The van der Waals surface area contributed by atoms with Gasteiger partial charge in [0.1, 0.15) is 0 Å². The molecule has 0 saturated carbocycles. The van der Waals surface area contributed by atoms with E-state index in [2.05, 4.69) is 0 Å². The van der Waals surface area contributed by atoms with Gasteiger partial charge < -0.3 is 5.11 Å². The second-order valence-corrected chi connectivity index (χ2v) is 6.38. The largest absolute Gasteiger partial charge is 0.481 e. The maximum atomic E-state index is 12.0. The molecule has 1 fully saturated rings. The molecule has 5 heteroatoms. The highest BCUT2D eigenvalue weighted by atomic mass is 16.4. The molecule has 0 aromatic heterocycles. The van der Waals surface area contributed by atoms with E-state index in [1.807, 2.05) is 20.8 Å². The van der Waals surface area contributed by atoms with Crippen LogP contribution in [-0.4, -0.2) is 33.8 Å².